The van der Waals surface area contributed by atoms with E-state index in [0.717, 1.165) is 37.7 Å². The van der Waals surface area contributed by atoms with Crippen molar-refractivity contribution >= 4 is 58.6 Å². The Balaban J connectivity index is 0.00000112. The van der Waals surface area contributed by atoms with Gasteiger partial charge in [0.05, 0.1) is 30.3 Å². The first kappa shape index (κ1) is 27.8. The number of amides is 1. The number of halogens is 2. The molecule has 206 valence electrons. The fourth-order valence-corrected chi connectivity index (χ4v) is 4.21. The second-order valence-corrected chi connectivity index (χ2v) is 9.05. The summed E-state index contributed by atoms with van der Waals surface area (Å²) in [5.74, 6) is 1.86. The number of ether oxygens (including phenoxy) is 1. The molecule has 4 heterocycles. The monoisotopic (exact) mass is 558 g/mol. The number of carbonyl (C=O) groups is 2. The average molecular weight is 559 g/mol. The van der Waals surface area contributed by atoms with Crippen molar-refractivity contribution < 1.29 is 23.8 Å². The number of benzene rings is 1. The fraction of sp³-hybridized carbons (Fsp3) is 0.320. The van der Waals surface area contributed by atoms with Crippen LogP contribution in [-0.4, -0.2) is 90.4 Å². The molecule has 2 aliphatic rings. The maximum atomic E-state index is 13.0. The second kappa shape index (κ2) is 13.0. The molecular weight excluding hydrogens is 531 g/mol. The Labute approximate surface area is 229 Å². The van der Waals surface area contributed by atoms with Gasteiger partial charge in [0.1, 0.15) is 23.3 Å². The summed E-state index contributed by atoms with van der Waals surface area (Å²) in [4.78, 5) is 39.8. The van der Waals surface area contributed by atoms with E-state index in [1.54, 1.807) is 24.4 Å². The summed E-state index contributed by atoms with van der Waals surface area (Å²) in [6.07, 6.45) is 3.24. The van der Waals surface area contributed by atoms with E-state index in [0.29, 0.717) is 33.9 Å². The number of piperazine rings is 1. The molecule has 1 amide bonds. The third-order valence-electron chi connectivity index (χ3n) is 6.05. The van der Waals surface area contributed by atoms with Gasteiger partial charge in [0.15, 0.2) is 12.4 Å². The number of carbonyl (C=O) groups excluding carboxylic acids is 1. The van der Waals surface area contributed by atoms with Crippen LogP contribution in [0.15, 0.2) is 42.7 Å². The Hall–Kier alpha value is -4.23. The quantitative estimate of drug-likeness (QED) is 0.369. The second-order valence-electron chi connectivity index (χ2n) is 8.65. The molecule has 14 heteroatoms. The van der Waals surface area contributed by atoms with Gasteiger partial charge in [-0.3, -0.25) is 9.59 Å². The molecule has 2 aromatic heterocycles. The van der Waals surface area contributed by atoms with E-state index in [1.165, 1.54) is 11.1 Å². The average Bonchev–Trinajstić information content (AvgIpc) is 2.94. The summed E-state index contributed by atoms with van der Waals surface area (Å²) < 4.78 is 18.5. The summed E-state index contributed by atoms with van der Waals surface area (Å²) in [7, 11) is 2.12. The number of hydrogen-bond acceptors (Lipinski definition) is 10. The van der Waals surface area contributed by atoms with Crippen LogP contribution in [0.5, 0.6) is 5.75 Å². The molecule has 3 N–H and O–H groups in total. The number of nitrogens with one attached hydrogen (secondary N) is 2. The molecule has 0 spiro atoms. The maximum Gasteiger partial charge on any atom is 0.290 e. The zero-order valence-electron chi connectivity index (χ0n) is 21.2. The number of rotatable bonds is 7. The number of aromatic nitrogens is 3. The van der Waals surface area contributed by atoms with Crippen LogP contribution < -0.4 is 25.2 Å². The lowest BCUT2D eigenvalue weighted by Gasteiger charge is -2.33. The minimum Gasteiger partial charge on any atom is -0.483 e. The molecule has 5 rings (SSSR count). The summed E-state index contributed by atoms with van der Waals surface area (Å²) in [5, 5.41) is 13.5. The third kappa shape index (κ3) is 7.00. The highest BCUT2D eigenvalue weighted by atomic mass is 35.5. The first-order valence-electron chi connectivity index (χ1n) is 12.1. The summed E-state index contributed by atoms with van der Waals surface area (Å²) >= 11 is 6.34. The van der Waals surface area contributed by atoms with Crippen molar-refractivity contribution in [1.29, 1.82) is 0 Å². The van der Waals surface area contributed by atoms with Crippen molar-refractivity contribution in [2.75, 3.05) is 73.5 Å². The molecule has 12 nitrogen and oxygen atoms in total. The number of alkyl halides is 1. The van der Waals surface area contributed by atoms with Crippen molar-refractivity contribution in [1.82, 2.24) is 19.9 Å². The largest absolute Gasteiger partial charge is 0.483 e. The SMILES string of the molecule is CN1CCN(c2ccc(Nc3ncc(Cl)c(Nc4ccc5c(c4)N(CCF)C(=O)CO5)n3)cn2)CC1.O=CO. The molecular formula is C25H28ClFN8O4. The van der Waals surface area contributed by atoms with Crippen LogP contribution in [0, 0.1) is 0 Å². The van der Waals surface area contributed by atoms with Crippen LogP contribution in [0.25, 0.3) is 0 Å². The molecule has 2 aliphatic heterocycles. The number of hydrogen-bond donors (Lipinski definition) is 3. The number of fused-ring (bicyclic) bond motifs is 1. The Morgan fingerprint density at radius 1 is 1.10 bits per heavy atom. The number of carboxylic acid groups (broad SMARTS) is 1. The lowest BCUT2D eigenvalue weighted by Crippen LogP contribution is -2.44. The molecule has 1 fully saturated rings. The van der Waals surface area contributed by atoms with Crippen LogP contribution in [0.4, 0.5) is 39.0 Å². The first-order valence-corrected chi connectivity index (χ1v) is 12.5. The van der Waals surface area contributed by atoms with Crippen molar-refractivity contribution in [3.8, 4) is 5.75 Å². The maximum absolute atomic E-state index is 13.0. The van der Waals surface area contributed by atoms with Crippen LogP contribution in [0.3, 0.4) is 0 Å². The Bertz CT molecular complexity index is 1290. The highest BCUT2D eigenvalue weighted by Crippen LogP contribution is 2.36. The van der Waals surface area contributed by atoms with Crippen LogP contribution in [0.2, 0.25) is 5.02 Å². The van der Waals surface area contributed by atoms with Crippen molar-refractivity contribution in [2.24, 2.45) is 0 Å². The van der Waals surface area contributed by atoms with Gasteiger partial charge in [-0.1, -0.05) is 11.6 Å². The molecule has 0 atom stereocenters. The predicted molar refractivity (Wildman–Crippen MR) is 147 cm³/mol. The van der Waals surface area contributed by atoms with Gasteiger partial charge >= 0.3 is 0 Å². The zero-order valence-corrected chi connectivity index (χ0v) is 21.9. The summed E-state index contributed by atoms with van der Waals surface area (Å²) in [6.45, 7) is 2.86. The highest BCUT2D eigenvalue weighted by molar-refractivity contribution is 6.32. The lowest BCUT2D eigenvalue weighted by atomic mass is 10.2. The van der Waals surface area contributed by atoms with Gasteiger partial charge in [0.25, 0.3) is 12.4 Å². The highest BCUT2D eigenvalue weighted by Gasteiger charge is 2.25. The van der Waals surface area contributed by atoms with Crippen molar-refractivity contribution in [3.63, 3.8) is 0 Å². The van der Waals surface area contributed by atoms with Crippen LogP contribution in [-0.2, 0) is 9.59 Å². The smallest absolute Gasteiger partial charge is 0.290 e. The van der Waals surface area contributed by atoms with Gasteiger partial charge in [-0.15, -0.1) is 0 Å². The molecule has 1 aromatic carbocycles. The van der Waals surface area contributed by atoms with E-state index in [2.05, 4.69) is 42.4 Å². The van der Waals surface area contributed by atoms with E-state index < -0.39 is 6.67 Å². The van der Waals surface area contributed by atoms with Gasteiger partial charge in [-0.25, -0.2) is 14.4 Å². The zero-order chi connectivity index (χ0) is 27.8. The van der Waals surface area contributed by atoms with Crippen LogP contribution >= 0.6 is 11.6 Å². The minimum absolute atomic E-state index is 0.0391. The van der Waals surface area contributed by atoms with E-state index in [9.17, 15) is 9.18 Å². The van der Waals surface area contributed by atoms with E-state index in [-0.39, 0.29) is 25.5 Å². The van der Waals surface area contributed by atoms with E-state index >= 15 is 0 Å². The minimum atomic E-state index is -0.652. The number of pyridine rings is 1. The van der Waals surface area contributed by atoms with Crippen LogP contribution in [0.1, 0.15) is 0 Å². The summed E-state index contributed by atoms with van der Waals surface area (Å²) in [5.41, 5.74) is 1.84. The van der Waals surface area contributed by atoms with Crippen molar-refractivity contribution in [2.45, 2.75) is 0 Å². The molecule has 0 radical (unpaired) electrons. The van der Waals surface area contributed by atoms with Gasteiger partial charge in [0.2, 0.25) is 5.95 Å². The normalized spacial score (nSPS) is 15.0. The van der Waals surface area contributed by atoms with Gasteiger partial charge < -0.3 is 35.2 Å². The molecule has 0 bridgehead atoms. The molecule has 0 unspecified atom stereocenters. The molecule has 0 aliphatic carbocycles. The Morgan fingerprint density at radius 3 is 2.54 bits per heavy atom. The van der Waals surface area contributed by atoms with Gasteiger partial charge in [-0.05, 0) is 37.4 Å². The predicted octanol–water partition coefficient (Wildman–Crippen LogP) is 3.16. The first-order chi connectivity index (χ1) is 18.9. The Morgan fingerprint density at radius 2 is 1.85 bits per heavy atom. The lowest BCUT2D eigenvalue weighted by molar-refractivity contribution is -0.123. The third-order valence-corrected chi connectivity index (χ3v) is 6.32. The van der Waals surface area contributed by atoms with Gasteiger partial charge in [0, 0.05) is 31.9 Å². The van der Waals surface area contributed by atoms with E-state index in [4.69, 9.17) is 26.2 Å². The molecule has 1 saturated heterocycles. The number of likely N-dealkylation sites (N-methyl/N-ethyl adjacent to an activating group) is 1. The van der Waals surface area contributed by atoms with E-state index in [1.807, 2.05) is 12.1 Å². The summed E-state index contributed by atoms with van der Waals surface area (Å²) in [6, 6.07) is 9.11. The number of anilines is 6. The molecule has 39 heavy (non-hydrogen) atoms. The Kier molecular flexibility index (Phi) is 9.28. The van der Waals surface area contributed by atoms with Gasteiger partial charge in [-0.2, -0.15) is 4.98 Å². The molecule has 3 aromatic rings. The number of nitrogens with zero attached hydrogens (tertiary/aromatic N) is 6. The van der Waals surface area contributed by atoms with Crippen molar-refractivity contribution in [3.05, 3.63) is 47.7 Å². The standard InChI is InChI=1S/C24H26ClFN8O2.CH2O2/c1-32-8-10-33(11-9-32)21-5-3-17(13-27-21)30-24-28-14-18(25)23(31-24)29-16-2-4-20-19(12-16)34(7-6-26)22(35)15-36-20;2-1-3/h2-5,12-14H,6-11,15H2,1H3,(H2,28,29,30,31);1H,(H,2,3). The molecule has 0 saturated carbocycles. The topological polar surface area (TPSA) is 136 Å². The fourth-order valence-electron chi connectivity index (χ4n) is 4.07.